The molecule has 2 aromatic heterocycles. The molecule has 0 aliphatic rings. The predicted octanol–water partition coefficient (Wildman–Crippen LogP) is 5.20. The highest BCUT2D eigenvalue weighted by atomic mass is 35.5. The van der Waals surface area contributed by atoms with E-state index in [1.165, 1.54) is 22.7 Å². The third-order valence-electron chi connectivity index (χ3n) is 3.11. The number of thiazole rings is 1. The fourth-order valence-corrected chi connectivity index (χ4v) is 4.15. The van der Waals surface area contributed by atoms with Crippen molar-refractivity contribution >= 4 is 56.9 Å². The highest BCUT2D eigenvalue weighted by Gasteiger charge is 2.13. The number of carbonyl (C=O) groups excluding carboxylic acids is 1. The first-order valence-electron chi connectivity index (χ1n) is 7.02. The van der Waals surface area contributed by atoms with Gasteiger partial charge < -0.3 is 9.47 Å². The van der Waals surface area contributed by atoms with Crippen LogP contribution in [0.3, 0.4) is 0 Å². The lowest BCUT2D eigenvalue weighted by molar-refractivity contribution is -0.118. The summed E-state index contributed by atoms with van der Waals surface area (Å²) in [6, 6.07) is 8.74. The first-order chi connectivity index (χ1) is 12.0. The van der Waals surface area contributed by atoms with Crippen molar-refractivity contribution in [2.45, 2.75) is 0 Å². The zero-order chi connectivity index (χ0) is 17.8. The minimum atomic E-state index is -0.300. The van der Waals surface area contributed by atoms with Crippen LogP contribution in [0.25, 0.3) is 11.3 Å². The molecule has 0 radical (unpaired) electrons. The topological polar surface area (TPSA) is 60.5 Å². The van der Waals surface area contributed by atoms with Gasteiger partial charge >= 0.3 is 0 Å². The fraction of sp³-hybridized carbons (Fsp3) is 0.125. The summed E-state index contributed by atoms with van der Waals surface area (Å²) in [4.78, 5) is 16.3. The van der Waals surface area contributed by atoms with E-state index in [1.54, 1.807) is 37.4 Å². The lowest BCUT2D eigenvalue weighted by atomic mass is 10.3. The van der Waals surface area contributed by atoms with Gasteiger partial charge in [-0.2, -0.15) is 0 Å². The highest BCUT2D eigenvalue weighted by Crippen LogP contribution is 2.38. The SMILES string of the molecule is COc1ccc(OCC(=O)Nc2nc(-c3cc(Cl)sc3Cl)cs2)cc1. The van der Waals surface area contributed by atoms with Crippen LogP contribution >= 0.6 is 45.9 Å². The zero-order valence-electron chi connectivity index (χ0n) is 12.9. The zero-order valence-corrected chi connectivity index (χ0v) is 16.1. The molecule has 3 aromatic rings. The van der Waals surface area contributed by atoms with Crippen molar-refractivity contribution in [3.63, 3.8) is 0 Å². The average molecular weight is 415 g/mol. The van der Waals surface area contributed by atoms with Crippen LogP contribution in [0.4, 0.5) is 5.13 Å². The Morgan fingerprint density at radius 3 is 2.60 bits per heavy atom. The molecule has 0 bridgehead atoms. The van der Waals surface area contributed by atoms with Crippen molar-refractivity contribution in [1.29, 1.82) is 0 Å². The number of aromatic nitrogens is 1. The van der Waals surface area contributed by atoms with Gasteiger partial charge in [0.15, 0.2) is 11.7 Å². The number of amides is 1. The Hall–Kier alpha value is -1.80. The molecule has 25 heavy (non-hydrogen) atoms. The normalized spacial score (nSPS) is 10.5. The van der Waals surface area contributed by atoms with E-state index < -0.39 is 0 Å². The quantitative estimate of drug-likeness (QED) is 0.601. The standard InChI is InChI=1S/C16H12Cl2N2O3S2/c1-22-9-2-4-10(5-3-9)23-7-14(21)20-16-19-12(8-24-16)11-6-13(17)25-15(11)18/h2-6,8H,7H2,1H3,(H,19,20,21). The smallest absolute Gasteiger partial charge is 0.264 e. The second-order valence-corrected chi connectivity index (χ2v) is 7.93. The van der Waals surface area contributed by atoms with E-state index in [0.717, 1.165) is 11.3 Å². The lowest BCUT2D eigenvalue weighted by Gasteiger charge is -2.06. The van der Waals surface area contributed by atoms with Crippen LogP contribution < -0.4 is 14.8 Å². The Bertz CT molecular complexity index is 878. The van der Waals surface area contributed by atoms with Gasteiger partial charge in [0.2, 0.25) is 0 Å². The van der Waals surface area contributed by atoms with E-state index in [4.69, 9.17) is 32.7 Å². The molecule has 0 fully saturated rings. The van der Waals surface area contributed by atoms with E-state index in [1.807, 2.05) is 5.38 Å². The molecule has 1 amide bonds. The molecule has 0 saturated heterocycles. The largest absolute Gasteiger partial charge is 0.497 e. The van der Waals surface area contributed by atoms with E-state index in [2.05, 4.69) is 10.3 Å². The molecular weight excluding hydrogens is 403 g/mol. The minimum absolute atomic E-state index is 0.119. The Morgan fingerprint density at radius 2 is 1.96 bits per heavy atom. The van der Waals surface area contributed by atoms with Crippen LogP contribution in [0.15, 0.2) is 35.7 Å². The third kappa shape index (κ3) is 4.64. The molecule has 0 saturated carbocycles. The van der Waals surface area contributed by atoms with Crippen LogP contribution in [-0.4, -0.2) is 24.6 Å². The van der Waals surface area contributed by atoms with Crippen molar-refractivity contribution in [2.75, 3.05) is 19.0 Å². The monoisotopic (exact) mass is 414 g/mol. The molecule has 0 aliphatic carbocycles. The number of hydrogen-bond acceptors (Lipinski definition) is 6. The number of ether oxygens (including phenoxy) is 2. The Kier molecular flexibility index (Phi) is 5.80. The molecule has 0 atom stereocenters. The van der Waals surface area contributed by atoms with Gasteiger partial charge in [-0.3, -0.25) is 10.1 Å². The van der Waals surface area contributed by atoms with Gasteiger partial charge in [-0.1, -0.05) is 23.2 Å². The van der Waals surface area contributed by atoms with Crippen LogP contribution in [-0.2, 0) is 4.79 Å². The number of nitrogens with zero attached hydrogens (tertiary/aromatic N) is 1. The van der Waals surface area contributed by atoms with Gasteiger partial charge in [-0.05, 0) is 30.3 Å². The number of methoxy groups -OCH3 is 1. The number of carbonyl (C=O) groups is 1. The molecule has 9 heteroatoms. The molecule has 0 unspecified atom stereocenters. The number of benzene rings is 1. The van der Waals surface area contributed by atoms with Crippen LogP contribution in [0.1, 0.15) is 0 Å². The number of halogens is 2. The molecule has 1 aromatic carbocycles. The Morgan fingerprint density at radius 1 is 1.24 bits per heavy atom. The second kappa shape index (κ2) is 8.05. The fourth-order valence-electron chi connectivity index (χ4n) is 1.95. The summed E-state index contributed by atoms with van der Waals surface area (Å²) in [6.07, 6.45) is 0. The van der Waals surface area contributed by atoms with Gasteiger partial charge in [0, 0.05) is 10.9 Å². The van der Waals surface area contributed by atoms with E-state index in [0.29, 0.717) is 25.2 Å². The van der Waals surface area contributed by atoms with E-state index in [9.17, 15) is 4.79 Å². The number of anilines is 1. The summed E-state index contributed by atoms with van der Waals surface area (Å²) in [5, 5.41) is 4.98. The molecule has 5 nitrogen and oxygen atoms in total. The van der Waals surface area contributed by atoms with Crippen molar-refractivity contribution < 1.29 is 14.3 Å². The number of rotatable bonds is 6. The maximum atomic E-state index is 12.0. The molecule has 3 rings (SSSR count). The first kappa shape index (κ1) is 18.0. The van der Waals surface area contributed by atoms with Crippen LogP contribution in [0.2, 0.25) is 8.67 Å². The van der Waals surface area contributed by atoms with Crippen molar-refractivity contribution in [1.82, 2.24) is 4.98 Å². The number of nitrogens with one attached hydrogen (secondary N) is 1. The highest BCUT2D eigenvalue weighted by molar-refractivity contribution is 7.20. The first-order valence-corrected chi connectivity index (χ1v) is 9.48. The van der Waals surface area contributed by atoms with Crippen LogP contribution in [0, 0.1) is 0 Å². The number of thiophene rings is 1. The Balaban J connectivity index is 1.57. The van der Waals surface area contributed by atoms with Crippen molar-refractivity contribution in [2.24, 2.45) is 0 Å². The third-order valence-corrected chi connectivity index (χ3v) is 5.36. The summed E-state index contributed by atoms with van der Waals surface area (Å²) in [6.45, 7) is -0.119. The van der Waals surface area contributed by atoms with Gasteiger partial charge in [0.25, 0.3) is 5.91 Å². The van der Waals surface area contributed by atoms with E-state index >= 15 is 0 Å². The van der Waals surface area contributed by atoms with Gasteiger partial charge in [0.1, 0.15) is 15.8 Å². The van der Waals surface area contributed by atoms with Gasteiger partial charge in [0.05, 0.1) is 17.1 Å². The summed E-state index contributed by atoms with van der Waals surface area (Å²) >= 11 is 14.6. The molecule has 2 heterocycles. The molecule has 130 valence electrons. The number of hydrogen-bond donors (Lipinski definition) is 1. The summed E-state index contributed by atoms with van der Waals surface area (Å²) < 4.78 is 11.6. The van der Waals surface area contributed by atoms with Crippen LogP contribution in [0.5, 0.6) is 11.5 Å². The summed E-state index contributed by atoms with van der Waals surface area (Å²) in [7, 11) is 1.59. The predicted molar refractivity (Wildman–Crippen MR) is 103 cm³/mol. The molecule has 1 N–H and O–H groups in total. The van der Waals surface area contributed by atoms with Gasteiger partial charge in [-0.15, -0.1) is 22.7 Å². The summed E-state index contributed by atoms with van der Waals surface area (Å²) in [5.74, 6) is 1.00. The minimum Gasteiger partial charge on any atom is -0.497 e. The summed E-state index contributed by atoms with van der Waals surface area (Å²) in [5.41, 5.74) is 1.42. The maximum Gasteiger partial charge on any atom is 0.264 e. The van der Waals surface area contributed by atoms with Crippen molar-refractivity contribution in [3.05, 3.63) is 44.4 Å². The van der Waals surface area contributed by atoms with Crippen molar-refractivity contribution in [3.8, 4) is 22.8 Å². The molecular formula is C16H12Cl2N2O3S2. The van der Waals surface area contributed by atoms with E-state index in [-0.39, 0.29) is 12.5 Å². The molecule has 0 aliphatic heterocycles. The Labute approximate surface area is 162 Å². The maximum absolute atomic E-state index is 12.0. The molecule has 0 spiro atoms. The van der Waals surface area contributed by atoms with Gasteiger partial charge in [-0.25, -0.2) is 4.98 Å². The second-order valence-electron chi connectivity index (χ2n) is 4.79. The lowest BCUT2D eigenvalue weighted by Crippen LogP contribution is -2.20. The average Bonchev–Trinajstić information content (AvgIpc) is 3.19.